The van der Waals surface area contributed by atoms with E-state index >= 15 is 0 Å². The van der Waals surface area contributed by atoms with Crippen LogP contribution in [-0.2, 0) is 14.3 Å². The number of hydrogen-bond donors (Lipinski definition) is 0. The van der Waals surface area contributed by atoms with Crippen LogP contribution in [0.15, 0.2) is 42.5 Å². The van der Waals surface area contributed by atoms with E-state index < -0.39 is 0 Å². The summed E-state index contributed by atoms with van der Waals surface area (Å²) in [6.07, 6.45) is 1.95. The van der Waals surface area contributed by atoms with E-state index in [0.29, 0.717) is 31.8 Å². The zero-order chi connectivity index (χ0) is 24.8. The fourth-order valence-corrected chi connectivity index (χ4v) is 4.91. The van der Waals surface area contributed by atoms with Crippen molar-refractivity contribution in [2.75, 3.05) is 57.3 Å². The molecule has 1 amide bonds. The van der Waals surface area contributed by atoms with Crippen LogP contribution in [0.3, 0.4) is 0 Å². The Morgan fingerprint density at radius 1 is 0.943 bits per heavy atom. The molecule has 2 aromatic rings. The molecule has 188 valence electrons. The number of anilines is 1. The van der Waals surface area contributed by atoms with E-state index in [2.05, 4.69) is 9.80 Å². The van der Waals surface area contributed by atoms with Crippen LogP contribution in [0.2, 0.25) is 0 Å². The van der Waals surface area contributed by atoms with Gasteiger partial charge in [-0.05, 0) is 48.2 Å². The molecular weight excluding hydrogens is 452 g/mol. The van der Waals surface area contributed by atoms with E-state index in [4.69, 9.17) is 4.74 Å². The predicted octanol–water partition coefficient (Wildman–Crippen LogP) is 3.79. The Balaban J connectivity index is 1.40. The standard InChI is InChI=1S/C27H33F2N3O3/c1-2-27(34)35-17-16-30-12-14-31(15-13-30)19-26(33)32-11-3-4-23(20-5-7-21(28)8-6-20)24-10-9-22(29)18-25(24)32/h5-10,18,23H,2-4,11-17,19H2,1H3/t23-/m0/s1. The minimum absolute atomic E-state index is 0.0191. The fourth-order valence-electron chi connectivity index (χ4n) is 4.91. The number of carbonyl (C=O) groups is 2. The van der Waals surface area contributed by atoms with Crippen molar-refractivity contribution in [3.8, 4) is 0 Å². The van der Waals surface area contributed by atoms with Crippen molar-refractivity contribution in [1.29, 1.82) is 0 Å². The summed E-state index contributed by atoms with van der Waals surface area (Å²) in [5, 5.41) is 0. The minimum atomic E-state index is -0.376. The van der Waals surface area contributed by atoms with E-state index in [0.717, 1.165) is 50.1 Å². The highest BCUT2D eigenvalue weighted by Crippen LogP contribution is 2.39. The van der Waals surface area contributed by atoms with E-state index in [9.17, 15) is 18.4 Å². The summed E-state index contributed by atoms with van der Waals surface area (Å²) in [7, 11) is 0. The molecule has 35 heavy (non-hydrogen) atoms. The van der Waals surface area contributed by atoms with Crippen LogP contribution in [0.5, 0.6) is 0 Å². The molecule has 0 aliphatic carbocycles. The lowest BCUT2D eigenvalue weighted by Crippen LogP contribution is -2.50. The summed E-state index contributed by atoms with van der Waals surface area (Å²) in [4.78, 5) is 30.8. The van der Waals surface area contributed by atoms with E-state index in [1.54, 1.807) is 30.0 Å². The molecule has 0 N–H and O–H groups in total. The number of nitrogens with zero attached hydrogens (tertiary/aromatic N) is 3. The van der Waals surface area contributed by atoms with Gasteiger partial charge in [-0.25, -0.2) is 8.78 Å². The fraction of sp³-hybridized carbons (Fsp3) is 0.481. The molecule has 1 saturated heterocycles. The molecule has 8 heteroatoms. The third kappa shape index (κ3) is 6.44. The number of ether oxygens (including phenoxy) is 1. The van der Waals surface area contributed by atoms with Crippen molar-refractivity contribution in [2.24, 2.45) is 0 Å². The molecule has 2 aliphatic rings. The van der Waals surface area contributed by atoms with Gasteiger partial charge in [0, 0.05) is 51.6 Å². The molecule has 2 aliphatic heterocycles. The largest absolute Gasteiger partial charge is 0.464 e. The topological polar surface area (TPSA) is 53.1 Å². The maximum absolute atomic E-state index is 14.3. The number of amides is 1. The van der Waals surface area contributed by atoms with Crippen LogP contribution in [0.1, 0.15) is 43.2 Å². The molecule has 6 nitrogen and oxygen atoms in total. The molecule has 1 atom stereocenters. The van der Waals surface area contributed by atoms with Crippen LogP contribution in [0.25, 0.3) is 0 Å². The lowest BCUT2D eigenvalue weighted by molar-refractivity contribution is -0.143. The van der Waals surface area contributed by atoms with Gasteiger partial charge in [0.2, 0.25) is 5.91 Å². The monoisotopic (exact) mass is 485 g/mol. The van der Waals surface area contributed by atoms with Crippen molar-refractivity contribution in [3.05, 3.63) is 65.2 Å². The lowest BCUT2D eigenvalue weighted by Gasteiger charge is -2.35. The second-order valence-electron chi connectivity index (χ2n) is 9.19. The molecule has 2 aromatic carbocycles. The molecular formula is C27H33F2N3O3. The van der Waals surface area contributed by atoms with Crippen LogP contribution < -0.4 is 4.90 Å². The number of hydrogen-bond acceptors (Lipinski definition) is 5. The molecule has 0 saturated carbocycles. The van der Waals surface area contributed by atoms with Crippen molar-refractivity contribution in [3.63, 3.8) is 0 Å². The Morgan fingerprint density at radius 3 is 2.34 bits per heavy atom. The third-order valence-corrected chi connectivity index (χ3v) is 6.89. The maximum Gasteiger partial charge on any atom is 0.305 e. The highest BCUT2D eigenvalue weighted by Gasteiger charge is 2.29. The maximum atomic E-state index is 14.3. The van der Waals surface area contributed by atoms with Gasteiger partial charge >= 0.3 is 5.97 Å². The predicted molar refractivity (Wildman–Crippen MR) is 130 cm³/mol. The van der Waals surface area contributed by atoms with Gasteiger partial charge in [0.25, 0.3) is 0 Å². The van der Waals surface area contributed by atoms with Gasteiger partial charge in [0.1, 0.15) is 18.2 Å². The number of halogens is 2. The first kappa shape index (κ1) is 25.3. The number of piperazine rings is 1. The highest BCUT2D eigenvalue weighted by atomic mass is 19.1. The zero-order valence-corrected chi connectivity index (χ0v) is 20.2. The number of fused-ring (bicyclic) bond motifs is 1. The summed E-state index contributed by atoms with van der Waals surface area (Å²) >= 11 is 0. The normalized spacial score (nSPS) is 19.2. The number of esters is 1. The van der Waals surface area contributed by atoms with Gasteiger partial charge in [-0.1, -0.05) is 25.1 Å². The Morgan fingerprint density at radius 2 is 1.63 bits per heavy atom. The first-order valence-electron chi connectivity index (χ1n) is 12.4. The van der Waals surface area contributed by atoms with Crippen LogP contribution in [-0.4, -0.2) is 74.1 Å². The zero-order valence-electron chi connectivity index (χ0n) is 20.2. The number of carbonyl (C=O) groups excluding carboxylic acids is 2. The molecule has 0 aromatic heterocycles. The first-order valence-corrected chi connectivity index (χ1v) is 12.4. The van der Waals surface area contributed by atoms with Gasteiger partial charge in [-0.3, -0.25) is 19.4 Å². The second-order valence-corrected chi connectivity index (χ2v) is 9.19. The second kappa shape index (κ2) is 11.7. The van der Waals surface area contributed by atoms with Crippen molar-refractivity contribution >= 4 is 17.6 Å². The summed E-state index contributed by atoms with van der Waals surface area (Å²) in [5.41, 5.74) is 2.47. The molecule has 4 rings (SSSR count). The lowest BCUT2D eigenvalue weighted by atomic mass is 9.87. The van der Waals surface area contributed by atoms with Gasteiger partial charge in [0.15, 0.2) is 0 Å². The van der Waals surface area contributed by atoms with E-state index in [1.165, 1.54) is 24.3 Å². The summed E-state index contributed by atoms with van der Waals surface area (Å²) in [6, 6.07) is 11.1. The molecule has 0 radical (unpaired) electrons. The Bertz CT molecular complexity index is 1020. The van der Waals surface area contributed by atoms with Gasteiger partial charge in [0.05, 0.1) is 12.2 Å². The van der Waals surface area contributed by atoms with E-state index in [1.807, 2.05) is 0 Å². The van der Waals surface area contributed by atoms with Crippen LogP contribution in [0.4, 0.5) is 14.5 Å². The number of rotatable bonds is 7. The van der Waals surface area contributed by atoms with Gasteiger partial charge in [-0.2, -0.15) is 0 Å². The summed E-state index contributed by atoms with van der Waals surface area (Å²) < 4.78 is 32.9. The molecule has 2 heterocycles. The van der Waals surface area contributed by atoms with E-state index in [-0.39, 0.29) is 36.0 Å². The first-order chi connectivity index (χ1) is 16.9. The molecule has 0 unspecified atom stereocenters. The van der Waals surface area contributed by atoms with Crippen molar-refractivity contribution in [2.45, 2.75) is 32.1 Å². The molecule has 1 fully saturated rings. The van der Waals surface area contributed by atoms with Gasteiger partial charge < -0.3 is 9.64 Å². The Hall–Kier alpha value is -2.84. The smallest absolute Gasteiger partial charge is 0.305 e. The Labute approximate surface area is 205 Å². The quantitative estimate of drug-likeness (QED) is 0.559. The highest BCUT2D eigenvalue weighted by molar-refractivity contribution is 5.96. The average Bonchev–Trinajstić information content (AvgIpc) is 3.05. The number of benzene rings is 2. The van der Waals surface area contributed by atoms with Crippen LogP contribution in [0, 0.1) is 11.6 Å². The Kier molecular flexibility index (Phi) is 8.46. The molecule has 0 spiro atoms. The third-order valence-electron chi connectivity index (χ3n) is 6.89. The molecule has 0 bridgehead atoms. The van der Waals surface area contributed by atoms with Gasteiger partial charge in [-0.15, -0.1) is 0 Å². The minimum Gasteiger partial charge on any atom is -0.464 e. The summed E-state index contributed by atoms with van der Waals surface area (Å²) in [5.74, 6) is -0.916. The SMILES string of the molecule is CCC(=O)OCCN1CCN(CC(=O)N2CCC[C@@H](c3ccc(F)cc3)c3ccc(F)cc32)CC1. The summed E-state index contributed by atoms with van der Waals surface area (Å²) in [6.45, 7) is 6.74. The van der Waals surface area contributed by atoms with Crippen LogP contribution >= 0.6 is 0 Å². The van der Waals surface area contributed by atoms with Crippen molar-refractivity contribution in [1.82, 2.24) is 9.80 Å². The van der Waals surface area contributed by atoms with Crippen molar-refractivity contribution < 1.29 is 23.1 Å². The average molecular weight is 486 g/mol.